The van der Waals surface area contributed by atoms with Crippen molar-refractivity contribution in [2.24, 2.45) is 0 Å². The summed E-state index contributed by atoms with van der Waals surface area (Å²) in [6.45, 7) is 2.57. The van der Waals surface area contributed by atoms with Crippen molar-refractivity contribution < 1.29 is 4.42 Å². The van der Waals surface area contributed by atoms with Crippen molar-refractivity contribution >= 4 is 11.6 Å². The molecule has 0 saturated carbocycles. The van der Waals surface area contributed by atoms with Gasteiger partial charge in [0.1, 0.15) is 5.54 Å². The van der Waals surface area contributed by atoms with Gasteiger partial charge >= 0.3 is 0 Å². The fourth-order valence-corrected chi connectivity index (χ4v) is 2.53. The van der Waals surface area contributed by atoms with Crippen LogP contribution >= 0.6 is 11.6 Å². The van der Waals surface area contributed by atoms with Crippen LogP contribution in [0, 0.1) is 11.3 Å². The number of hydrogen-bond acceptors (Lipinski definition) is 5. The van der Waals surface area contributed by atoms with Crippen LogP contribution in [0.4, 0.5) is 0 Å². The second-order valence-electron chi connectivity index (χ2n) is 5.91. The first-order chi connectivity index (χ1) is 12.1. The lowest BCUT2D eigenvalue weighted by Crippen LogP contribution is -2.41. The molecule has 0 amide bonds. The Hall–Kier alpha value is -2.68. The Balaban J connectivity index is 1.79. The molecule has 1 heterocycles. The molecule has 126 valence electrons. The van der Waals surface area contributed by atoms with Crippen molar-refractivity contribution in [3.8, 4) is 17.5 Å². The van der Waals surface area contributed by atoms with Gasteiger partial charge in [-0.2, -0.15) is 5.26 Å². The largest absolute Gasteiger partial charge is 0.419 e. The van der Waals surface area contributed by atoms with Crippen LogP contribution < -0.4 is 5.32 Å². The molecule has 0 aliphatic carbocycles. The monoisotopic (exact) mass is 352 g/mol. The van der Waals surface area contributed by atoms with Gasteiger partial charge < -0.3 is 4.42 Å². The number of nitriles is 1. The molecule has 0 bridgehead atoms. The smallest absolute Gasteiger partial charge is 0.247 e. The van der Waals surface area contributed by atoms with Crippen molar-refractivity contribution in [3.05, 3.63) is 71.6 Å². The minimum atomic E-state index is -0.644. The number of nitrogens with one attached hydrogen (secondary N) is 1. The molecule has 1 aromatic heterocycles. The highest BCUT2D eigenvalue weighted by Gasteiger charge is 2.31. The summed E-state index contributed by atoms with van der Waals surface area (Å²) in [6, 6.07) is 19.1. The van der Waals surface area contributed by atoms with E-state index in [0.717, 1.165) is 11.1 Å². The second kappa shape index (κ2) is 7.47. The zero-order valence-electron chi connectivity index (χ0n) is 13.7. The number of rotatable bonds is 6. The first-order valence-corrected chi connectivity index (χ1v) is 8.37. The maximum absolute atomic E-state index is 8.87. The summed E-state index contributed by atoms with van der Waals surface area (Å²) in [7, 11) is 0. The number of benzene rings is 2. The van der Waals surface area contributed by atoms with E-state index in [2.05, 4.69) is 21.6 Å². The molecule has 0 radical (unpaired) electrons. The fourth-order valence-electron chi connectivity index (χ4n) is 2.32. The first kappa shape index (κ1) is 17.2. The standard InChI is InChI=1S/C19H17ClN4O/c1-19(13-20,22-12-15-5-3-2-4-6-15)18-24-23-17(25-18)16-9-7-14(11-21)8-10-16/h2-10,22H,12-13H2,1H3. The summed E-state index contributed by atoms with van der Waals surface area (Å²) in [5.74, 6) is 1.12. The van der Waals surface area contributed by atoms with Crippen LogP contribution in [-0.2, 0) is 12.1 Å². The molecule has 0 aliphatic heterocycles. The maximum atomic E-state index is 8.87. The lowest BCUT2D eigenvalue weighted by Gasteiger charge is -2.24. The van der Waals surface area contributed by atoms with E-state index in [0.29, 0.717) is 23.9 Å². The highest BCUT2D eigenvalue weighted by atomic mass is 35.5. The van der Waals surface area contributed by atoms with Gasteiger partial charge in [0.05, 0.1) is 11.6 Å². The summed E-state index contributed by atoms with van der Waals surface area (Å²) in [5.41, 5.74) is 1.84. The molecule has 1 atom stereocenters. The Morgan fingerprint density at radius 2 is 1.84 bits per heavy atom. The average molecular weight is 353 g/mol. The van der Waals surface area contributed by atoms with Gasteiger partial charge in [-0.05, 0) is 36.8 Å². The Kier molecular flexibility index (Phi) is 5.13. The third-order valence-corrected chi connectivity index (χ3v) is 4.49. The lowest BCUT2D eigenvalue weighted by atomic mass is 10.0. The van der Waals surface area contributed by atoms with Gasteiger partial charge in [-0.1, -0.05) is 30.3 Å². The summed E-state index contributed by atoms with van der Waals surface area (Å²) in [5, 5.41) is 20.5. The predicted octanol–water partition coefficient (Wildman–Crippen LogP) is 3.85. The van der Waals surface area contributed by atoms with E-state index in [-0.39, 0.29) is 5.88 Å². The van der Waals surface area contributed by atoms with E-state index in [1.165, 1.54) is 0 Å². The van der Waals surface area contributed by atoms with E-state index in [4.69, 9.17) is 21.3 Å². The van der Waals surface area contributed by atoms with Gasteiger partial charge in [-0.15, -0.1) is 21.8 Å². The van der Waals surface area contributed by atoms with E-state index in [1.54, 1.807) is 24.3 Å². The highest BCUT2D eigenvalue weighted by molar-refractivity contribution is 6.18. The number of hydrogen-bond donors (Lipinski definition) is 1. The van der Waals surface area contributed by atoms with Crippen molar-refractivity contribution in [1.29, 1.82) is 5.26 Å². The van der Waals surface area contributed by atoms with E-state index >= 15 is 0 Å². The molecule has 3 aromatic rings. The van der Waals surface area contributed by atoms with Crippen LogP contribution in [0.3, 0.4) is 0 Å². The van der Waals surface area contributed by atoms with Crippen LogP contribution in [0.1, 0.15) is 23.9 Å². The van der Waals surface area contributed by atoms with Gasteiger partial charge in [-0.25, -0.2) is 0 Å². The fraction of sp³-hybridized carbons (Fsp3) is 0.211. The Morgan fingerprint density at radius 3 is 2.48 bits per heavy atom. The number of halogens is 1. The Labute approximate surface area is 151 Å². The van der Waals surface area contributed by atoms with Crippen LogP contribution in [0.25, 0.3) is 11.5 Å². The molecule has 0 fully saturated rings. The van der Waals surface area contributed by atoms with Crippen LogP contribution in [0.5, 0.6) is 0 Å². The summed E-state index contributed by atoms with van der Waals surface area (Å²) in [6.07, 6.45) is 0. The topological polar surface area (TPSA) is 74.7 Å². The average Bonchev–Trinajstić information content (AvgIpc) is 3.18. The molecular weight excluding hydrogens is 336 g/mol. The predicted molar refractivity (Wildman–Crippen MR) is 95.8 cm³/mol. The first-order valence-electron chi connectivity index (χ1n) is 7.84. The van der Waals surface area contributed by atoms with Gasteiger partial charge in [-0.3, -0.25) is 5.32 Å². The molecule has 25 heavy (non-hydrogen) atoms. The molecule has 3 rings (SSSR count). The molecule has 6 heteroatoms. The van der Waals surface area contributed by atoms with Crippen molar-refractivity contribution in [3.63, 3.8) is 0 Å². The van der Waals surface area contributed by atoms with E-state index in [9.17, 15) is 0 Å². The second-order valence-corrected chi connectivity index (χ2v) is 6.17. The summed E-state index contributed by atoms with van der Waals surface area (Å²) >= 11 is 6.18. The molecule has 0 aliphatic rings. The lowest BCUT2D eigenvalue weighted by molar-refractivity contribution is 0.313. The SMILES string of the molecule is CC(CCl)(NCc1ccccc1)c1nnc(-c2ccc(C#N)cc2)o1. The number of aromatic nitrogens is 2. The highest BCUT2D eigenvalue weighted by Crippen LogP contribution is 2.26. The van der Waals surface area contributed by atoms with Gasteiger partial charge in [0.15, 0.2) is 0 Å². The van der Waals surface area contributed by atoms with E-state index < -0.39 is 5.54 Å². The van der Waals surface area contributed by atoms with Crippen LogP contribution in [0.15, 0.2) is 59.0 Å². The number of nitrogens with zero attached hydrogens (tertiary/aromatic N) is 3. The quantitative estimate of drug-likeness (QED) is 0.682. The van der Waals surface area contributed by atoms with E-state index in [1.807, 2.05) is 37.3 Å². The number of alkyl halides is 1. The Morgan fingerprint density at radius 1 is 1.12 bits per heavy atom. The minimum absolute atomic E-state index is 0.287. The van der Waals surface area contributed by atoms with Gasteiger partial charge in [0.2, 0.25) is 11.8 Å². The van der Waals surface area contributed by atoms with Gasteiger partial charge in [0.25, 0.3) is 0 Å². The molecule has 5 nitrogen and oxygen atoms in total. The summed E-state index contributed by atoms with van der Waals surface area (Å²) < 4.78 is 5.84. The third kappa shape index (κ3) is 3.87. The van der Waals surface area contributed by atoms with Crippen LogP contribution in [0.2, 0.25) is 0 Å². The molecule has 1 unspecified atom stereocenters. The zero-order valence-corrected chi connectivity index (χ0v) is 14.5. The minimum Gasteiger partial charge on any atom is -0.419 e. The molecule has 0 saturated heterocycles. The molecule has 2 aromatic carbocycles. The molecular formula is C19H17ClN4O. The maximum Gasteiger partial charge on any atom is 0.247 e. The molecule has 1 N–H and O–H groups in total. The van der Waals surface area contributed by atoms with Crippen molar-refractivity contribution in [1.82, 2.24) is 15.5 Å². The zero-order chi connectivity index (χ0) is 17.7. The van der Waals surface area contributed by atoms with Crippen molar-refractivity contribution in [2.45, 2.75) is 19.0 Å². The third-order valence-electron chi connectivity index (χ3n) is 3.95. The van der Waals surface area contributed by atoms with Gasteiger partial charge in [0, 0.05) is 18.0 Å². The van der Waals surface area contributed by atoms with Crippen LogP contribution in [-0.4, -0.2) is 16.1 Å². The Bertz CT molecular complexity index is 870. The van der Waals surface area contributed by atoms with Crippen molar-refractivity contribution in [2.75, 3.05) is 5.88 Å². The molecule has 0 spiro atoms. The summed E-state index contributed by atoms with van der Waals surface area (Å²) in [4.78, 5) is 0. The normalized spacial score (nSPS) is 13.2.